The molecule has 14 heavy (non-hydrogen) atoms. The van der Waals surface area contributed by atoms with Crippen molar-refractivity contribution in [3.05, 3.63) is 0 Å². The van der Waals surface area contributed by atoms with E-state index in [1.54, 1.807) is 0 Å². The Morgan fingerprint density at radius 2 is 2.00 bits per heavy atom. The minimum absolute atomic E-state index is 0.425. The normalized spacial score (nSPS) is 14.9. The van der Waals surface area contributed by atoms with Crippen LogP contribution in [0.15, 0.2) is 0 Å². The summed E-state index contributed by atoms with van der Waals surface area (Å²) in [4.78, 5) is 11.1. The Kier molecular flexibility index (Phi) is 7.48. The molecule has 0 saturated carbocycles. The van der Waals surface area contributed by atoms with Crippen LogP contribution < -0.4 is 0 Å². The largest absolute Gasteiger partial charge is 0.464 e. The van der Waals surface area contributed by atoms with E-state index in [9.17, 15) is 9.90 Å². The molecule has 3 heteroatoms. The number of carbonyl (C=O) groups excluding carboxylic acids is 1. The summed E-state index contributed by atoms with van der Waals surface area (Å²) in [5.74, 6) is 0.0984. The molecule has 0 heterocycles. The number of hydrogen-bond donors (Lipinski definition) is 1. The average Bonchev–Trinajstić information content (AvgIpc) is 2.17. The molecule has 0 aliphatic carbocycles. The van der Waals surface area contributed by atoms with Gasteiger partial charge in [-0.25, -0.2) is 4.79 Å². The Bertz CT molecular complexity index is 157. The zero-order chi connectivity index (χ0) is 11.0. The third kappa shape index (κ3) is 5.97. The van der Waals surface area contributed by atoms with Gasteiger partial charge in [0.1, 0.15) is 0 Å². The maximum Gasteiger partial charge on any atom is 0.334 e. The minimum atomic E-state index is -0.933. The van der Waals surface area contributed by atoms with E-state index in [1.165, 1.54) is 0 Å². The molecule has 0 saturated heterocycles. The molecular formula is C11H22O3. The minimum Gasteiger partial charge on any atom is -0.464 e. The van der Waals surface area contributed by atoms with Gasteiger partial charge in [-0.05, 0) is 18.8 Å². The molecule has 0 bridgehead atoms. The summed E-state index contributed by atoms with van der Waals surface area (Å²) in [5, 5.41) is 9.27. The number of ether oxygens (including phenoxy) is 1. The van der Waals surface area contributed by atoms with Gasteiger partial charge < -0.3 is 9.84 Å². The van der Waals surface area contributed by atoms with Gasteiger partial charge in [0.05, 0.1) is 6.61 Å². The molecule has 0 radical (unpaired) electrons. The number of rotatable bonds is 7. The van der Waals surface area contributed by atoms with Crippen LogP contribution >= 0.6 is 0 Å². The quantitative estimate of drug-likeness (QED) is 0.643. The molecule has 0 spiro atoms. The summed E-state index contributed by atoms with van der Waals surface area (Å²) in [6.07, 6.45) is 2.32. The Labute approximate surface area is 86.5 Å². The van der Waals surface area contributed by atoms with E-state index in [4.69, 9.17) is 4.74 Å². The SMILES string of the molecule is CCCC(O)C(=O)OCCC(C)CC. The van der Waals surface area contributed by atoms with E-state index in [0.29, 0.717) is 18.9 Å². The number of carbonyl (C=O) groups is 1. The van der Waals surface area contributed by atoms with Gasteiger partial charge >= 0.3 is 5.97 Å². The van der Waals surface area contributed by atoms with Crippen molar-refractivity contribution in [1.82, 2.24) is 0 Å². The van der Waals surface area contributed by atoms with E-state index in [1.807, 2.05) is 6.92 Å². The summed E-state index contributed by atoms with van der Waals surface area (Å²) in [6, 6.07) is 0. The fraction of sp³-hybridized carbons (Fsp3) is 0.909. The van der Waals surface area contributed by atoms with Gasteiger partial charge in [-0.15, -0.1) is 0 Å². The second-order valence-corrected chi connectivity index (χ2v) is 3.77. The standard InChI is InChI=1S/C11H22O3/c1-4-6-10(12)11(13)14-8-7-9(3)5-2/h9-10,12H,4-8H2,1-3H3. The lowest BCUT2D eigenvalue weighted by molar-refractivity contribution is -0.154. The van der Waals surface area contributed by atoms with Crippen LogP contribution in [0.2, 0.25) is 0 Å². The van der Waals surface area contributed by atoms with Crippen LogP contribution in [-0.4, -0.2) is 23.8 Å². The van der Waals surface area contributed by atoms with Crippen molar-refractivity contribution in [1.29, 1.82) is 0 Å². The zero-order valence-electron chi connectivity index (χ0n) is 9.45. The Morgan fingerprint density at radius 1 is 1.36 bits per heavy atom. The molecular weight excluding hydrogens is 180 g/mol. The Hall–Kier alpha value is -0.570. The fourth-order valence-electron chi connectivity index (χ4n) is 1.05. The van der Waals surface area contributed by atoms with E-state index in [2.05, 4.69) is 13.8 Å². The van der Waals surface area contributed by atoms with Crippen LogP contribution in [0.5, 0.6) is 0 Å². The topological polar surface area (TPSA) is 46.5 Å². The summed E-state index contributed by atoms with van der Waals surface area (Å²) >= 11 is 0. The summed E-state index contributed by atoms with van der Waals surface area (Å²) < 4.78 is 4.94. The molecule has 0 aromatic carbocycles. The van der Waals surface area contributed by atoms with Gasteiger partial charge in [0.2, 0.25) is 0 Å². The fourth-order valence-corrected chi connectivity index (χ4v) is 1.05. The van der Waals surface area contributed by atoms with Crippen molar-refractivity contribution in [2.45, 2.75) is 52.6 Å². The average molecular weight is 202 g/mol. The number of aliphatic hydroxyl groups is 1. The molecule has 0 aliphatic rings. The Balaban J connectivity index is 3.53. The van der Waals surface area contributed by atoms with Gasteiger partial charge in [-0.3, -0.25) is 0 Å². The Morgan fingerprint density at radius 3 is 2.50 bits per heavy atom. The van der Waals surface area contributed by atoms with Gasteiger partial charge in [0, 0.05) is 0 Å². The lowest BCUT2D eigenvalue weighted by Gasteiger charge is -2.11. The second-order valence-electron chi connectivity index (χ2n) is 3.77. The van der Waals surface area contributed by atoms with E-state index in [0.717, 1.165) is 19.3 Å². The highest BCUT2D eigenvalue weighted by molar-refractivity contribution is 5.74. The molecule has 84 valence electrons. The third-order valence-corrected chi connectivity index (χ3v) is 2.39. The lowest BCUT2D eigenvalue weighted by atomic mass is 10.1. The molecule has 0 aromatic heterocycles. The maximum absolute atomic E-state index is 11.1. The number of aliphatic hydroxyl groups excluding tert-OH is 1. The molecule has 0 aliphatic heterocycles. The van der Waals surface area contributed by atoms with Crippen LogP contribution in [0.3, 0.4) is 0 Å². The van der Waals surface area contributed by atoms with Crippen molar-refractivity contribution in [3.63, 3.8) is 0 Å². The van der Waals surface area contributed by atoms with Crippen LogP contribution in [0.25, 0.3) is 0 Å². The predicted molar refractivity (Wildman–Crippen MR) is 55.9 cm³/mol. The van der Waals surface area contributed by atoms with Crippen molar-refractivity contribution in [3.8, 4) is 0 Å². The highest BCUT2D eigenvalue weighted by Gasteiger charge is 2.15. The highest BCUT2D eigenvalue weighted by atomic mass is 16.5. The summed E-state index contributed by atoms with van der Waals surface area (Å²) in [7, 11) is 0. The first-order valence-electron chi connectivity index (χ1n) is 5.46. The first kappa shape index (κ1) is 13.4. The molecule has 0 rings (SSSR count). The number of esters is 1. The van der Waals surface area contributed by atoms with Crippen LogP contribution in [-0.2, 0) is 9.53 Å². The van der Waals surface area contributed by atoms with Crippen molar-refractivity contribution >= 4 is 5.97 Å². The molecule has 0 aromatic rings. The highest BCUT2D eigenvalue weighted by Crippen LogP contribution is 2.07. The van der Waals surface area contributed by atoms with Crippen molar-refractivity contribution < 1.29 is 14.6 Å². The van der Waals surface area contributed by atoms with Gasteiger partial charge in [-0.1, -0.05) is 33.6 Å². The first-order valence-corrected chi connectivity index (χ1v) is 5.46. The maximum atomic E-state index is 11.1. The second kappa shape index (κ2) is 7.80. The van der Waals surface area contributed by atoms with E-state index < -0.39 is 12.1 Å². The molecule has 1 N–H and O–H groups in total. The lowest BCUT2D eigenvalue weighted by Crippen LogP contribution is -2.23. The third-order valence-electron chi connectivity index (χ3n) is 2.39. The monoisotopic (exact) mass is 202 g/mol. The van der Waals surface area contributed by atoms with E-state index in [-0.39, 0.29) is 0 Å². The van der Waals surface area contributed by atoms with Gasteiger partial charge in [0.25, 0.3) is 0 Å². The zero-order valence-corrected chi connectivity index (χ0v) is 9.45. The van der Waals surface area contributed by atoms with Gasteiger partial charge in [-0.2, -0.15) is 0 Å². The summed E-state index contributed by atoms with van der Waals surface area (Å²) in [6.45, 7) is 6.58. The molecule has 2 atom stereocenters. The molecule has 3 nitrogen and oxygen atoms in total. The van der Waals surface area contributed by atoms with Crippen molar-refractivity contribution in [2.24, 2.45) is 5.92 Å². The molecule has 2 unspecified atom stereocenters. The molecule has 0 fully saturated rings. The molecule has 0 amide bonds. The van der Waals surface area contributed by atoms with Crippen LogP contribution in [0.4, 0.5) is 0 Å². The van der Waals surface area contributed by atoms with E-state index >= 15 is 0 Å². The van der Waals surface area contributed by atoms with Crippen LogP contribution in [0.1, 0.15) is 46.5 Å². The smallest absolute Gasteiger partial charge is 0.334 e. The number of hydrogen-bond acceptors (Lipinski definition) is 3. The van der Waals surface area contributed by atoms with Crippen LogP contribution in [0, 0.1) is 5.92 Å². The van der Waals surface area contributed by atoms with Gasteiger partial charge in [0.15, 0.2) is 6.10 Å². The summed E-state index contributed by atoms with van der Waals surface area (Å²) in [5.41, 5.74) is 0. The predicted octanol–water partition coefficient (Wildman–Crippen LogP) is 2.13. The first-order chi connectivity index (χ1) is 6.61. The van der Waals surface area contributed by atoms with Crippen molar-refractivity contribution in [2.75, 3.05) is 6.61 Å².